The van der Waals surface area contributed by atoms with Gasteiger partial charge in [-0.15, -0.1) is 0 Å². The summed E-state index contributed by atoms with van der Waals surface area (Å²) in [5.41, 5.74) is -0.491. The molecule has 0 spiro atoms. The number of nitro groups is 1. The lowest BCUT2D eigenvalue weighted by Crippen LogP contribution is -2.29. The molecule has 0 heterocycles. The van der Waals surface area contributed by atoms with Gasteiger partial charge in [0, 0.05) is 12.6 Å². The molecule has 1 aromatic rings. The van der Waals surface area contributed by atoms with Crippen LogP contribution >= 0.6 is 0 Å². The van der Waals surface area contributed by atoms with Crippen LogP contribution in [0.5, 0.6) is 0 Å². The predicted octanol–water partition coefficient (Wildman–Crippen LogP) is 0.348. The Balaban J connectivity index is 3.01. The van der Waals surface area contributed by atoms with Crippen molar-refractivity contribution in [1.82, 2.24) is 5.32 Å². The van der Waals surface area contributed by atoms with Gasteiger partial charge in [-0.3, -0.25) is 10.1 Å². The number of likely N-dealkylation sites (N-methyl/N-ethyl adjacent to an activating group) is 1. The zero-order valence-corrected chi connectivity index (χ0v) is 9.13. The van der Waals surface area contributed by atoms with Gasteiger partial charge in [-0.25, -0.2) is 4.39 Å². The zero-order chi connectivity index (χ0) is 13.0. The van der Waals surface area contributed by atoms with Crippen molar-refractivity contribution in [2.24, 2.45) is 0 Å². The molecule has 2 atom stereocenters. The number of aliphatic hydroxyl groups excluding tert-OH is 2. The van der Waals surface area contributed by atoms with E-state index in [2.05, 4.69) is 5.32 Å². The Hall–Kier alpha value is -1.57. The molecule has 17 heavy (non-hydrogen) atoms. The summed E-state index contributed by atoms with van der Waals surface area (Å²) in [7, 11) is 1.57. The van der Waals surface area contributed by atoms with Crippen molar-refractivity contribution >= 4 is 5.69 Å². The van der Waals surface area contributed by atoms with Crippen molar-refractivity contribution in [2.75, 3.05) is 13.6 Å². The van der Waals surface area contributed by atoms with E-state index >= 15 is 0 Å². The number of hydrogen-bond acceptors (Lipinski definition) is 5. The third-order valence-electron chi connectivity index (χ3n) is 2.23. The first-order valence-corrected chi connectivity index (χ1v) is 4.91. The Bertz CT molecular complexity index is 413. The van der Waals surface area contributed by atoms with Gasteiger partial charge in [0.1, 0.15) is 11.9 Å². The van der Waals surface area contributed by atoms with E-state index < -0.39 is 28.6 Å². The highest BCUT2D eigenvalue weighted by Crippen LogP contribution is 2.23. The van der Waals surface area contributed by atoms with Crippen LogP contribution in [0.4, 0.5) is 10.1 Å². The summed E-state index contributed by atoms with van der Waals surface area (Å²) >= 11 is 0. The molecule has 0 aliphatic carbocycles. The number of nitrogens with one attached hydrogen (secondary N) is 1. The van der Waals surface area contributed by atoms with E-state index in [0.29, 0.717) is 0 Å². The lowest BCUT2D eigenvalue weighted by molar-refractivity contribution is -0.385. The quantitative estimate of drug-likeness (QED) is 0.513. The summed E-state index contributed by atoms with van der Waals surface area (Å²) in [4.78, 5) is 9.75. The second-order valence-corrected chi connectivity index (χ2v) is 3.57. The van der Waals surface area contributed by atoms with Crippen molar-refractivity contribution in [3.05, 3.63) is 39.7 Å². The first-order chi connectivity index (χ1) is 7.95. The average Bonchev–Trinajstić information content (AvgIpc) is 2.27. The Kier molecular flexibility index (Phi) is 4.50. The fourth-order valence-electron chi connectivity index (χ4n) is 1.42. The number of aliphatic hydroxyl groups is 2. The largest absolute Gasteiger partial charge is 0.389 e. The highest BCUT2D eigenvalue weighted by Gasteiger charge is 2.21. The van der Waals surface area contributed by atoms with Crippen LogP contribution in [0, 0.1) is 15.9 Å². The molecule has 0 saturated carbocycles. The lowest BCUT2D eigenvalue weighted by atomic mass is 10.0. The third-order valence-corrected chi connectivity index (χ3v) is 2.23. The smallest absolute Gasteiger partial charge is 0.272 e. The number of benzene rings is 1. The van der Waals surface area contributed by atoms with Gasteiger partial charge in [-0.1, -0.05) is 0 Å². The molecule has 0 radical (unpaired) electrons. The molecule has 2 unspecified atom stereocenters. The Morgan fingerprint density at radius 3 is 2.65 bits per heavy atom. The highest BCUT2D eigenvalue weighted by atomic mass is 19.1. The van der Waals surface area contributed by atoms with E-state index in [1.165, 1.54) is 0 Å². The van der Waals surface area contributed by atoms with Crippen molar-refractivity contribution in [2.45, 2.75) is 12.2 Å². The first kappa shape index (κ1) is 13.5. The normalized spacial score (nSPS) is 14.4. The summed E-state index contributed by atoms with van der Waals surface area (Å²) in [6.07, 6.45) is -2.54. The van der Waals surface area contributed by atoms with Crippen LogP contribution in [0.25, 0.3) is 0 Å². The minimum absolute atomic E-state index is 0.0283. The van der Waals surface area contributed by atoms with Gasteiger partial charge < -0.3 is 15.5 Å². The van der Waals surface area contributed by atoms with Crippen LogP contribution in [-0.2, 0) is 0 Å². The average molecular weight is 244 g/mol. The molecular weight excluding hydrogens is 231 g/mol. The fourth-order valence-corrected chi connectivity index (χ4v) is 1.42. The number of nitrogens with zero attached hydrogens (tertiary/aromatic N) is 1. The second kappa shape index (κ2) is 5.67. The summed E-state index contributed by atoms with van der Waals surface area (Å²) in [6.45, 7) is 0.0888. The first-order valence-electron chi connectivity index (χ1n) is 4.91. The maximum Gasteiger partial charge on any atom is 0.272 e. The predicted molar refractivity (Wildman–Crippen MR) is 57.9 cm³/mol. The molecule has 1 aromatic carbocycles. The summed E-state index contributed by atoms with van der Waals surface area (Å²) in [5, 5.41) is 32.3. The molecule has 1 rings (SSSR count). The van der Waals surface area contributed by atoms with Gasteiger partial charge in [-0.2, -0.15) is 0 Å². The third kappa shape index (κ3) is 3.45. The number of halogens is 1. The van der Waals surface area contributed by atoms with Crippen molar-refractivity contribution in [3.8, 4) is 0 Å². The van der Waals surface area contributed by atoms with Crippen molar-refractivity contribution < 1.29 is 19.5 Å². The molecule has 0 aromatic heterocycles. The zero-order valence-electron chi connectivity index (χ0n) is 9.13. The molecule has 0 saturated heterocycles. The second-order valence-electron chi connectivity index (χ2n) is 3.57. The standard InChI is InChI=1S/C10H13FN2O4/c1-12-5-9(14)10(15)6-2-7(11)4-8(3-6)13(16)17/h2-4,9-10,12,14-15H,5H2,1H3. The van der Waals surface area contributed by atoms with E-state index in [-0.39, 0.29) is 12.1 Å². The van der Waals surface area contributed by atoms with E-state index in [9.17, 15) is 24.7 Å². The van der Waals surface area contributed by atoms with E-state index in [0.717, 1.165) is 18.2 Å². The Morgan fingerprint density at radius 1 is 1.47 bits per heavy atom. The van der Waals surface area contributed by atoms with Gasteiger partial charge >= 0.3 is 0 Å². The number of nitro benzene ring substituents is 1. The van der Waals surface area contributed by atoms with Crippen LogP contribution < -0.4 is 5.32 Å². The lowest BCUT2D eigenvalue weighted by Gasteiger charge is -2.17. The number of hydrogen-bond donors (Lipinski definition) is 3. The van der Waals surface area contributed by atoms with Gasteiger partial charge in [0.15, 0.2) is 0 Å². The number of non-ortho nitro benzene ring substituents is 1. The Morgan fingerprint density at radius 2 is 2.12 bits per heavy atom. The highest BCUT2D eigenvalue weighted by molar-refractivity contribution is 5.36. The van der Waals surface area contributed by atoms with Gasteiger partial charge in [0.2, 0.25) is 0 Å². The monoisotopic (exact) mass is 244 g/mol. The van der Waals surface area contributed by atoms with Crippen molar-refractivity contribution in [1.29, 1.82) is 0 Å². The van der Waals surface area contributed by atoms with E-state index in [1.807, 2.05) is 0 Å². The van der Waals surface area contributed by atoms with Crippen LogP contribution in [0.15, 0.2) is 18.2 Å². The maximum absolute atomic E-state index is 13.1. The van der Waals surface area contributed by atoms with Crippen LogP contribution in [-0.4, -0.2) is 34.8 Å². The van der Waals surface area contributed by atoms with Crippen LogP contribution in [0.3, 0.4) is 0 Å². The number of rotatable bonds is 5. The van der Waals surface area contributed by atoms with Crippen LogP contribution in [0.2, 0.25) is 0 Å². The topological polar surface area (TPSA) is 95.6 Å². The molecule has 0 fully saturated rings. The molecule has 94 valence electrons. The fraction of sp³-hybridized carbons (Fsp3) is 0.400. The molecule has 7 heteroatoms. The molecule has 0 aliphatic rings. The molecule has 0 aliphatic heterocycles. The Labute approximate surface area is 96.8 Å². The minimum Gasteiger partial charge on any atom is -0.389 e. The summed E-state index contributed by atoms with van der Waals surface area (Å²) in [6, 6.07) is 2.74. The van der Waals surface area contributed by atoms with Crippen LogP contribution in [0.1, 0.15) is 11.7 Å². The summed E-state index contributed by atoms with van der Waals surface area (Å²) < 4.78 is 13.1. The molecule has 3 N–H and O–H groups in total. The van der Waals surface area contributed by atoms with Crippen molar-refractivity contribution in [3.63, 3.8) is 0 Å². The van der Waals surface area contributed by atoms with Gasteiger partial charge in [0.05, 0.1) is 17.1 Å². The van der Waals surface area contributed by atoms with Gasteiger partial charge in [-0.05, 0) is 18.7 Å². The molecular formula is C10H13FN2O4. The van der Waals surface area contributed by atoms with Gasteiger partial charge in [0.25, 0.3) is 5.69 Å². The summed E-state index contributed by atoms with van der Waals surface area (Å²) in [5.74, 6) is -0.829. The molecule has 0 amide bonds. The molecule has 0 bridgehead atoms. The molecule has 6 nitrogen and oxygen atoms in total. The SMILES string of the molecule is CNCC(O)C(O)c1cc(F)cc([N+](=O)[O-])c1. The minimum atomic E-state index is -1.38. The van der Waals surface area contributed by atoms with E-state index in [4.69, 9.17) is 0 Å². The maximum atomic E-state index is 13.1. The van der Waals surface area contributed by atoms with E-state index in [1.54, 1.807) is 7.05 Å².